The fourth-order valence-electron chi connectivity index (χ4n) is 2.23. The number of nitrogens with one attached hydrogen (secondary N) is 1. The van der Waals surface area contributed by atoms with Crippen molar-refractivity contribution >= 4 is 5.91 Å². The lowest BCUT2D eigenvalue weighted by atomic mass is 10.1. The third-order valence-corrected chi connectivity index (χ3v) is 3.42. The minimum absolute atomic E-state index is 0.103. The highest BCUT2D eigenvalue weighted by Crippen LogP contribution is 2.30. The summed E-state index contributed by atoms with van der Waals surface area (Å²) < 4.78 is 0. The highest BCUT2D eigenvalue weighted by Gasteiger charge is 2.32. The largest absolute Gasteiger partial charge is 0.339 e. The fraction of sp³-hybridized carbons (Fsp3) is 0.917. The van der Waals surface area contributed by atoms with Gasteiger partial charge in [0.15, 0.2) is 0 Å². The van der Waals surface area contributed by atoms with Crippen LogP contribution in [0.2, 0.25) is 0 Å². The van der Waals surface area contributed by atoms with Crippen LogP contribution in [0, 0.1) is 5.92 Å². The lowest BCUT2D eigenvalue weighted by Gasteiger charge is -2.29. The van der Waals surface area contributed by atoms with Gasteiger partial charge in [0.1, 0.15) is 0 Å². The molecule has 0 aromatic carbocycles. The van der Waals surface area contributed by atoms with Crippen molar-refractivity contribution in [2.24, 2.45) is 5.92 Å². The zero-order valence-corrected chi connectivity index (χ0v) is 9.83. The molecule has 2 fully saturated rings. The number of amides is 1. The summed E-state index contributed by atoms with van der Waals surface area (Å²) in [6, 6.07) is 0.451. The first-order chi connectivity index (χ1) is 7.18. The molecule has 0 bridgehead atoms. The van der Waals surface area contributed by atoms with Gasteiger partial charge in [0.2, 0.25) is 5.91 Å². The molecule has 0 aromatic rings. The summed E-state index contributed by atoms with van der Waals surface area (Å²) in [6.45, 7) is 6.23. The molecule has 1 amide bonds. The molecule has 1 atom stereocenters. The van der Waals surface area contributed by atoms with E-state index in [1.807, 2.05) is 0 Å². The molecule has 1 saturated heterocycles. The molecule has 86 valence electrons. The first kappa shape index (κ1) is 10.9. The molecule has 1 aliphatic heterocycles. The van der Waals surface area contributed by atoms with Crippen LogP contribution in [0.15, 0.2) is 0 Å². The van der Waals surface area contributed by atoms with Gasteiger partial charge in [-0.1, -0.05) is 0 Å². The van der Waals surface area contributed by atoms with Crippen molar-refractivity contribution in [1.82, 2.24) is 10.2 Å². The minimum Gasteiger partial charge on any atom is -0.339 e. The van der Waals surface area contributed by atoms with E-state index in [1.165, 1.54) is 12.8 Å². The van der Waals surface area contributed by atoms with Gasteiger partial charge in [0.05, 0.1) is 6.04 Å². The van der Waals surface area contributed by atoms with Crippen molar-refractivity contribution < 1.29 is 4.79 Å². The van der Waals surface area contributed by atoms with Crippen molar-refractivity contribution in [3.63, 3.8) is 0 Å². The predicted octanol–water partition coefficient (Wildman–Crippen LogP) is 1.39. The third-order valence-electron chi connectivity index (χ3n) is 3.42. The van der Waals surface area contributed by atoms with Crippen LogP contribution in [0.5, 0.6) is 0 Å². The van der Waals surface area contributed by atoms with E-state index in [4.69, 9.17) is 0 Å². The molecule has 2 aliphatic rings. The van der Waals surface area contributed by atoms with Crippen molar-refractivity contribution in [3.8, 4) is 0 Å². The SMILES string of the molecule is CC(C)N(CC1CC1)C(=O)C1CCCN1. The molecule has 1 saturated carbocycles. The molecular formula is C12H22N2O. The number of hydrogen-bond donors (Lipinski definition) is 1. The first-order valence-electron chi connectivity index (χ1n) is 6.22. The Morgan fingerprint density at radius 3 is 2.60 bits per heavy atom. The summed E-state index contributed by atoms with van der Waals surface area (Å²) >= 11 is 0. The second-order valence-corrected chi connectivity index (χ2v) is 5.18. The lowest BCUT2D eigenvalue weighted by Crippen LogP contribution is -2.47. The molecular weight excluding hydrogens is 188 g/mol. The zero-order valence-electron chi connectivity index (χ0n) is 9.83. The number of hydrogen-bond acceptors (Lipinski definition) is 2. The smallest absolute Gasteiger partial charge is 0.239 e. The van der Waals surface area contributed by atoms with Crippen LogP contribution in [0.1, 0.15) is 39.5 Å². The Morgan fingerprint density at radius 2 is 2.13 bits per heavy atom. The van der Waals surface area contributed by atoms with E-state index in [2.05, 4.69) is 24.1 Å². The second kappa shape index (κ2) is 4.52. The topological polar surface area (TPSA) is 32.3 Å². The molecule has 1 aliphatic carbocycles. The van der Waals surface area contributed by atoms with E-state index in [0.29, 0.717) is 11.9 Å². The normalized spacial score (nSPS) is 25.9. The molecule has 3 nitrogen and oxygen atoms in total. The van der Waals surface area contributed by atoms with Gasteiger partial charge in [0, 0.05) is 12.6 Å². The van der Waals surface area contributed by atoms with E-state index in [0.717, 1.165) is 31.8 Å². The molecule has 0 spiro atoms. The summed E-state index contributed by atoms with van der Waals surface area (Å²) in [5.41, 5.74) is 0. The number of rotatable bonds is 4. The van der Waals surface area contributed by atoms with Crippen LogP contribution in [0.25, 0.3) is 0 Å². The van der Waals surface area contributed by atoms with Crippen molar-refractivity contribution in [2.75, 3.05) is 13.1 Å². The maximum absolute atomic E-state index is 12.2. The zero-order chi connectivity index (χ0) is 10.8. The number of carbonyl (C=O) groups is 1. The van der Waals surface area contributed by atoms with E-state index >= 15 is 0 Å². The van der Waals surface area contributed by atoms with Crippen LogP contribution in [0.4, 0.5) is 0 Å². The summed E-state index contributed by atoms with van der Waals surface area (Å²) in [7, 11) is 0. The van der Waals surface area contributed by atoms with Gasteiger partial charge in [-0.3, -0.25) is 4.79 Å². The predicted molar refractivity (Wildman–Crippen MR) is 60.6 cm³/mol. The van der Waals surface area contributed by atoms with Crippen molar-refractivity contribution in [2.45, 2.75) is 51.6 Å². The van der Waals surface area contributed by atoms with Crippen LogP contribution >= 0.6 is 0 Å². The average molecular weight is 210 g/mol. The van der Waals surface area contributed by atoms with Gasteiger partial charge in [-0.25, -0.2) is 0 Å². The van der Waals surface area contributed by atoms with Gasteiger partial charge in [0.25, 0.3) is 0 Å². The van der Waals surface area contributed by atoms with Gasteiger partial charge >= 0.3 is 0 Å². The average Bonchev–Trinajstić information content (AvgIpc) is 2.84. The Labute approximate surface area is 92.2 Å². The fourth-order valence-corrected chi connectivity index (χ4v) is 2.23. The van der Waals surface area contributed by atoms with E-state index in [1.54, 1.807) is 0 Å². The summed E-state index contributed by atoms with van der Waals surface area (Å²) in [6.07, 6.45) is 4.79. The third kappa shape index (κ3) is 2.71. The van der Waals surface area contributed by atoms with Crippen molar-refractivity contribution in [1.29, 1.82) is 0 Å². The molecule has 1 unspecified atom stereocenters. The molecule has 3 heteroatoms. The molecule has 0 aromatic heterocycles. The summed E-state index contributed by atoms with van der Waals surface area (Å²) in [5.74, 6) is 1.12. The number of carbonyl (C=O) groups excluding carboxylic acids is 1. The standard InChI is InChI=1S/C12H22N2O/c1-9(2)14(8-10-5-6-10)12(15)11-4-3-7-13-11/h9-11,13H,3-8H2,1-2H3. The molecule has 2 rings (SSSR count). The van der Waals surface area contributed by atoms with Crippen LogP contribution in [-0.2, 0) is 4.79 Å². The Balaban J connectivity index is 1.92. The highest BCUT2D eigenvalue weighted by molar-refractivity contribution is 5.82. The quantitative estimate of drug-likeness (QED) is 0.760. The van der Waals surface area contributed by atoms with Gasteiger partial charge in [-0.2, -0.15) is 0 Å². The molecule has 1 heterocycles. The maximum atomic E-state index is 12.2. The summed E-state index contributed by atoms with van der Waals surface area (Å²) in [5, 5.41) is 3.29. The molecule has 15 heavy (non-hydrogen) atoms. The van der Waals surface area contributed by atoms with E-state index in [-0.39, 0.29) is 6.04 Å². The first-order valence-corrected chi connectivity index (χ1v) is 6.22. The Kier molecular flexibility index (Phi) is 3.29. The summed E-state index contributed by atoms with van der Waals surface area (Å²) in [4.78, 5) is 14.3. The van der Waals surface area contributed by atoms with Crippen LogP contribution in [-0.4, -0.2) is 36.0 Å². The maximum Gasteiger partial charge on any atom is 0.239 e. The van der Waals surface area contributed by atoms with Gasteiger partial charge < -0.3 is 10.2 Å². The van der Waals surface area contributed by atoms with Crippen LogP contribution < -0.4 is 5.32 Å². The minimum atomic E-state index is 0.103. The Morgan fingerprint density at radius 1 is 1.40 bits per heavy atom. The van der Waals surface area contributed by atoms with Crippen LogP contribution in [0.3, 0.4) is 0 Å². The van der Waals surface area contributed by atoms with E-state index < -0.39 is 0 Å². The second-order valence-electron chi connectivity index (χ2n) is 5.18. The van der Waals surface area contributed by atoms with Gasteiger partial charge in [-0.15, -0.1) is 0 Å². The highest BCUT2D eigenvalue weighted by atomic mass is 16.2. The monoisotopic (exact) mass is 210 g/mol. The molecule has 1 N–H and O–H groups in total. The lowest BCUT2D eigenvalue weighted by molar-refractivity contribution is -0.135. The van der Waals surface area contributed by atoms with Crippen molar-refractivity contribution in [3.05, 3.63) is 0 Å². The Hall–Kier alpha value is -0.570. The van der Waals surface area contributed by atoms with Gasteiger partial charge in [-0.05, 0) is 52.0 Å². The number of nitrogens with zero attached hydrogens (tertiary/aromatic N) is 1. The molecule has 0 radical (unpaired) electrons. The van der Waals surface area contributed by atoms with E-state index in [9.17, 15) is 4.79 Å². The Bertz CT molecular complexity index is 230.